The minimum absolute atomic E-state index is 0.263. The Labute approximate surface area is 96.3 Å². The molecule has 1 aromatic rings. The van der Waals surface area contributed by atoms with E-state index in [9.17, 15) is 4.39 Å². The molecule has 2 rings (SSSR count). The van der Waals surface area contributed by atoms with Crippen LogP contribution in [0.15, 0.2) is 18.3 Å². The van der Waals surface area contributed by atoms with Crippen molar-refractivity contribution in [3.8, 4) is 0 Å². The van der Waals surface area contributed by atoms with Gasteiger partial charge in [0.05, 0.1) is 11.9 Å². The lowest BCUT2D eigenvalue weighted by Crippen LogP contribution is -2.22. The molecule has 88 valence electrons. The van der Waals surface area contributed by atoms with Crippen LogP contribution in [0.5, 0.6) is 0 Å². The van der Waals surface area contributed by atoms with E-state index < -0.39 is 0 Å². The third-order valence-electron chi connectivity index (χ3n) is 3.12. The van der Waals surface area contributed by atoms with E-state index in [2.05, 4.69) is 17.2 Å². The molecule has 0 aliphatic heterocycles. The molecule has 0 saturated heterocycles. The Hall–Kier alpha value is -0.960. The van der Waals surface area contributed by atoms with Crippen molar-refractivity contribution in [1.82, 2.24) is 10.3 Å². The van der Waals surface area contributed by atoms with Crippen molar-refractivity contribution in [1.29, 1.82) is 0 Å². The van der Waals surface area contributed by atoms with Gasteiger partial charge in [0.15, 0.2) is 0 Å². The molecule has 1 aliphatic rings. The van der Waals surface area contributed by atoms with Crippen molar-refractivity contribution in [2.45, 2.75) is 38.6 Å². The quantitative estimate of drug-likeness (QED) is 0.800. The summed E-state index contributed by atoms with van der Waals surface area (Å²) in [6.45, 7) is 3.02. The van der Waals surface area contributed by atoms with E-state index in [1.165, 1.54) is 31.5 Å². The molecule has 0 bridgehead atoms. The van der Waals surface area contributed by atoms with Crippen molar-refractivity contribution in [3.63, 3.8) is 0 Å². The molecule has 1 N–H and O–H groups in total. The van der Waals surface area contributed by atoms with Gasteiger partial charge in [0.2, 0.25) is 0 Å². The largest absolute Gasteiger partial charge is 0.309 e. The zero-order valence-corrected chi connectivity index (χ0v) is 9.75. The lowest BCUT2D eigenvalue weighted by Gasteiger charge is -2.17. The fraction of sp³-hybridized carbons (Fsp3) is 0.615. The summed E-state index contributed by atoms with van der Waals surface area (Å²) in [6, 6.07) is 3.56. The highest BCUT2D eigenvalue weighted by molar-refractivity contribution is 5.10. The highest BCUT2D eigenvalue weighted by Crippen LogP contribution is 2.35. The first kappa shape index (κ1) is 11.5. The van der Waals surface area contributed by atoms with Crippen LogP contribution >= 0.6 is 0 Å². The van der Waals surface area contributed by atoms with Gasteiger partial charge in [0, 0.05) is 6.04 Å². The summed E-state index contributed by atoms with van der Waals surface area (Å²) >= 11 is 0. The topological polar surface area (TPSA) is 24.9 Å². The van der Waals surface area contributed by atoms with E-state index in [4.69, 9.17) is 0 Å². The van der Waals surface area contributed by atoms with Gasteiger partial charge in [0.25, 0.3) is 0 Å². The molecule has 1 heterocycles. The van der Waals surface area contributed by atoms with Gasteiger partial charge in [-0.2, -0.15) is 0 Å². The fourth-order valence-corrected chi connectivity index (χ4v) is 2.00. The number of rotatable bonds is 6. The lowest BCUT2D eigenvalue weighted by molar-refractivity contribution is 0.470. The predicted octanol–water partition coefficient (Wildman–Crippen LogP) is 3.06. The lowest BCUT2D eigenvalue weighted by atomic mass is 10.0. The van der Waals surface area contributed by atoms with Crippen LogP contribution in [0.4, 0.5) is 4.39 Å². The molecule has 1 unspecified atom stereocenters. The number of aromatic nitrogens is 1. The minimum Gasteiger partial charge on any atom is -0.309 e. The first-order valence-electron chi connectivity index (χ1n) is 6.14. The summed E-state index contributed by atoms with van der Waals surface area (Å²) in [7, 11) is 0. The molecule has 1 saturated carbocycles. The molecular weight excluding hydrogens is 203 g/mol. The molecule has 0 spiro atoms. The van der Waals surface area contributed by atoms with Gasteiger partial charge in [-0.05, 0) is 37.4 Å². The van der Waals surface area contributed by atoms with E-state index in [-0.39, 0.29) is 11.9 Å². The third kappa shape index (κ3) is 3.27. The Kier molecular flexibility index (Phi) is 3.88. The second kappa shape index (κ2) is 5.39. The van der Waals surface area contributed by atoms with Gasteiger partial charge in [-0.3, -0.25) is 4.98 Å². The normalized spacial score (nSPS) is 17.4. The first-order chi connectivity index (χ1) is 7.79. The molecule has 1 fully saturated rings. The van der Waals surface area contributed by atoms with Crippen molar-refractivity contribution in [3.05, 3.63) is 29.8 Å². The number of hydrogen-bond acceptors (Lipinski definition) is 2. The van der Waals surface area contributed by atoms with Crippen LogP contribution in [-0.4, -0.2) is 11.5 Å². The highest BCUT2D eigenvalue weighted by atomic mass is 19.1. The zero-order chi connectivity index (χ0) is 11.4. The first-order valence-corrected chi connectivity index (χ1v) is 6.14. The monoisotopic (exact) mass is 222 g/mol. The van der Waals surface area contributed by atoms with Gasteiger partial charge in [-0.25, -0.2) is 4.39 Å². The fourth-order valence-electron chi connectivity index (χ4n) is 2.00. The van der Waals surface area contributed by atoms with Crippen molar-refractivity contribution in [2.75, 3.05) is 6.54 Å². The molecule has 3 heteroatoms. The summed E-state index contributed by atoms with van der Waals surface area (Å²) in [5, 5.41) is 3.42. The minimum atomic E-state index is -0.263. The smallest absolute Gasteiger partial charge is 0.141 e. The zero-order valence-electron chi connectivity index (χ0n) is 9.75. The van der Waals surface area contributed by atoms with E-state index in [1.807, 2.05) is 0 Å². The van der Waals surface area contributed by atoms with Gasteiger partial charge in [0.1, 0.15) is 5.82 Å². The maximum atomic E-state index is 12.8. The van der Waals surface area contributed by atoms with E-state index >= 15 is 0 Å². The molecule has 0 radical (unpaired) electrons. The number of hydrogen-bond donors (Lipinski definition) is 1. The third-order valence-corrected chi connectivity index (χ3v) is 3.12. The SMILES string of the molecule is CCNC(CCC1CC1)c1ccc(F)cn1. The van der Waals surface area contributed by atoms with Crippen LogP contribution in [0.1, 0.15) is 44.3 Å². The molecule has 1 aromatic heterocycles. The predicted molar refractivity (Wildman–Crippen MR) is 62.6 cm³/mol. The molecular formula is C13H19FN2. The molecule has 2 nitrogen and oxygen atoms in total. The summed E-state index contributed by atoms with van der Waals surface area (Å²) in [5.41, 5.74) is 0.962. The van der Waals surface area contributed by atoms with E-state index in [1.54, 1.807) is 6.07 Å². The van der Waals surface area contributed by atoms with Crippen LogP contribution in [-0.2, 0) is 0 Å². The Morgan fingerprint density at radius 3 is 2.88 bits per heavy atom. The Bertz CT molecular complexity index is 319. The van der Waals surface area contributed by atoms with Gasteiger partial charge >= 0.3 is 0 Å². The molecule has 0 amide bonds. The number of pyridine rings is 1. The van der Waals surface area contributed by atoms with Crippen molar-refractivity contribution >= 4 is 0 Å². The highest BCUT2D eigenvalue weighted by Gasteiger charge is 2.23. The second-order valence-corrected chi connectivity index (χ2v) is 4.53. The van der Waals surface area contributed by atoms with E-state index in [0.717, 1.165) is 24.6 Å². The molecule has 16 heavy (non-hydrogen) atoms. The second-order valence-electron chi connectivity index (χ2n) is 4.53. The maximum Gasteiger partial charge on any atom is 0.141 e. The summed E-state index contributed by atoms with van der Waals surface area (Å²) < 4.78 is 12.8. The maximum absolute atomic E-state index is 12.8. The van der Waals surface area contributed by atoms with E-state index in [0.29, 0.717) is 0 Å². The Morgan fingerprint density at radius 2 is 2.31 bits per heavy atom. The van der Waals surface area contributed by atoms with Gasteiger partial charge in [-0.15, -0.1) is 0 Å². The average Bonchev–Trinajstić information content (AvgIpc) is 3.09. The van der Waals surface area contributed by atoms with Crippen LogP contribution in [0.3, 0.4) is 0 Å². The van der Waals surface area contributed by atoms with Gasteiger partial charge in [-0.1, -0.05) is 19.8 Å². The van der Waals surface area contributed by atoms with Crippen LogP contribution in [0.25, 0.3) is 0 Å². The Balaban J connectivity index is 1.95. The molecule has 1 atom stereocenters. The summed E-state index contributed by atoms with van der Waals surface area (Å²) in [6.07, 6.45) is 6.44. The van der Waals surface area contributed by atoms with Crippen LogP contribution < -0.4 is 5.32 Å². The summed E-state index contributed by atoms with van der Waals surface area (Å²) in [5.74, 6) is 0.669. The molecule has 0 aromatic carbocycles. The number of halogens is 1. The number of nitrogens with one attached hydrogen (secondary N) is 1. The van der Waals surface area contributed by atoms with Gasteiger partial charge < -0.3 is 5.32 Å². The Morgan fingerprint density at radius 1 is 1.50 bits per heavy atom. The van der Waals surface area contributed by atoms with Crippen molar-refractivity contribution < 1.29 is 4.39 Å². The van der Waals surface area contributed by atoms with Crippen molar-refractivity contribution in [2.24, 2.45) is 5.92 Å². The van der Waals surface area contributed by atoms with Crippen LogP contribution in [0, 0.1) is 11.7 Å². The number of nitrogens with zero attached hydrogens (tertiary/aromatic N) is 1. The average molecular weight is 222 g/mol. The molecule has 1 aliphatic carbocycles. The summed E-state index contributed by atoms with van der Waals surface area (Å²) in [4.78, 5) is 4.16. The standard InChI is InChI=1S/C13H19FN2/c1-2-15-12(7-5-10-3-4-10)13-8-6-11(14)9-16-13/h6,8-10,12,15H,2-5,7H2,1H3. The van der Waals surface area contributed by atoms with Crippen LogP contribution in [0.2, 0.25) is 0 Å².